The molecule has 1 fully saturated rings. The molecule has 1 aliphatic rings. The third kappa shape index (κ3) is 2.28. The van der Waals surface area contributed by atoms with Crippen LogP contribution in [0.5, 0.6) is 0 Å². The number of nitrogens with zero attached hydrogens (tertiary/aromatic N) is 3. The van der Waals surface area contributed by atoms with Crippen molar-refractivity contribution in [2.75, 3.05) is 0 Å². The molecule has 102 valence electrons. The number of aromatic amines is 1. The fraction of sp³-hybridized carbons (Fsp3) is 0.615. The number of H-pyrrole nitrogens is 1. The molecule has 3 rings (SSSR count). The van der Waals surface area contributed by atoms with E-state index in [2.05, 4.69) is 34.0 Å². The number of hydrogen-bond donors (Lipinski definition) is 2. The first-order valence-corrected chi connectivity index (χ1v) is 6.74. The molecule has 0 saturated heterocycles. The van der Waals surface area contributed by atoms with Crippen LogP contribution in [0.1, 0.15) is 44.8 Å². The predicted molar refractivity (Wildman–Crippen MR) is 70.1 cm³/mol. The second-order valence-electron chi connectivity index (χ2n) is 5.77. The van der Waals surface area contributed by atoms with Crippen molar-refractivity contribution in [3.05, 3.63) is 17.8 Å². The van der Waals surface area contributed by atoms with Crippen molar-refractivity contribution in [3.63, 3.8) is 0 Å². The summed E-state index contributed by atoms with van der Waals surface area (Å²) in [5, 5.41) is 3.97. The van der Waals surface area contributed by atoms with Crippen LogP contribution in [0.3, 0.4) is 0 Å². The molecular weight excluding hydrogens is 242 g/mol. The minimum Gasteiger partial charge on any atom is -0.336 e. The molecule has 0 bridgehead atoms. The number of aromatic nitrogens is 4. The lowest BCUT2D eigenvalue weighted by atomic mass is 9.77. The number of imidazole rings is 1. The van der Waals surface area contributed by atoms with Gasteiger partial charge in [-0.1, -0.05) is 19.0 Å². The minimum absolute atomic E-state index is 0.293. The molecular formula is C13H19N5O. The molecule has 0 unspecified atom stereocenters. The number of nitrogens with one attached hydrogen (secondary N) is 1. The molecule has 0 aliphatic heterocycles. The highest BCUT2D eigenvalue weighted by Crippen LogP contribution is 2.37. The van der Waals surface area contributed by atoms with Gasteiger partial charge < -0.3 is 15.2 Å². The van der Waals surface area contributed by atoms with Crippen LogP contribution in [-0.2, 0) is 12.0 Å². The SMILES string of the molecule is CC(C)Cc1noc(-c2cnc(C3(N)CCC3)[nH]2)n1. The van der Waals surface area contributed by atoms with Gasteiger partial charge in [-0.05, 0) is 25.2 Å². The molecule has 6 nitrogen and oxygen atoms in total. The molecule has 6 heteroatoms. The van der Waals surface area contributed by atoms with E-state index in [1.165, 1.54) is 0 Å². The minimum atomic E-state index is -0.293. The highest BCUT2D eigenvalue weighted by molar-refractivity contribution is 5.45. The summed E-state index contributed by atoms with van der Waals surface area (Å²) in [4.78, 5) is 11.9. The van der Waals surface area contributed by atoms with E-state index >= 15 is 0 Å². The van der Waals surface area contributed by atoms with E-state index in [1.807, 2.05) is 0 Å². The topological polar surface area (TPSA) is 93.6 Å². The first-order valence-electron chi connectivity index (χ1n) is 6.74. The second kappa shape index (κ2) is 4.45. The van der Waals surface area contributed by atoms with Gasteiger partial charge in [0.05, 0.1) is 11.7 Å². The monoisotopic (exact) mass is 261 g/mol. The first-order chi connectivity index (χ1) is 9.07. The van der Waals surface area contributed by atoms with Crippen molar-refractivity contribution in [1.29, 1.82) is 0 Å². The van der Waals surface area contributed by atoms with Gasteiger partial charge in [0, 0.05) is 6.42 Å². The molecule has 0 radical (unpaired) electrons. The summed E-state index contributed by atoms with van der Waals surface area (Å²) in [5.41, 5.74) is 6.68. The smallest absolute Gasteiger partial charge is 0.275 e. The van der Waals surface area contributed by atoms with Crippen LogP contribution in [0.2, 0.25) is 0 Å². The molecule has 2 aromatic heterocycles. The molecule has 19 heavy (non-hydrogen) atoms. The van der Waals surface area contributed by atoms with E-state index in [4.69, 9.17) is 10.3 Å². The molecule has 0 aromatic carbocycles. The summed E-state index contributed by atoms with van der Waals surface area (Å²) >= 11 is 0. The lowest BCUT2D eigenvalue weighted by molar-refractivity contribution is 0.240. The van der Waals surface area contributed by atoms with Crippen molar-refractivity contribution in [3.8, 4) is 11.6 Å². The van der Waals surface area contributed by atoms with Gasteiger partial charge in [0.15, 0.2) is 5.82 Å². The fourth-order valence-electron chi connectivity index (χ4n) is 2.29. The summed E-state index contributed by atoms with van der Waals surface area (Å²) in [7, 11) is 0. The number of nitrogens with two attached hydrogens (primary N) is 1. The van der Waals surface area contributed by atoms with Gasteiger partial charge in [-0.25, -0.2) is 4.98 Å². The molecule has 2 aromatic rings. The standard InChI is InChI=1S/C13H19N5O/c1-8(2)6-10-17-11(19-18-10)9-7-15-12(16-9)13(14)4-3-5-13/h7-8H,3-6,14H2,1-2H3,(H,15,16). The quantitative estimate of drug-likeness (QED) is 0.877. The van der Waals surface area contributed by atoms with Crippen molar-refractivity contribution in [2.24, 2.45) is 11.7 Å². The summed E-state index contributed by atoms with van der Waals surface area (Å²) in [6.07, 6.45) is 5.64. The van der Waals surface area contributed by atoms with Crippen molar-refractivity contribution < 1.29 is 4.52 Å². The lowest BCUT2D eigenvalue weighted by Crippen LogP contribution is -2.44. The van der Waals surface area contributed by atoms with Crippen molar-refractivity contribution in [2.45, 2.75) is 45.1 Å². The zero-order valence-corrected chi connectivity index (χ0v) is 11.3. The van der Waals surface area contributed by atoms with Gasteiger partial charge in [-0.15, -0.1) is 0 Å². The van der Waals surface area contributed by atoms with Gasteiger partial charge in [-0.2, -0.15) is 4.98 Å². The van der Waals surface area contributed by atoms with Crippen LogP contribution in [0.25, 0.3) is 11.6 Å². The van der Waals surface area contributed by atoms with Crippen LogP contribution >= 0.6 is 0 Å². The van der Waals surface area contributed by atoms with E-state index in [1.54, 1.807) is 6.20 Å². The second-order valence-corrected chi connectivity index (χ2v) is 5.77. The Hall–Kier alpha value is -1.69. The third-order valence-corrected chi connectivity index (χ3v) is 3.58. The van der Waals surface area contributed by atoms with Gasteiger partial charge in [-0.3, -0.25) is 0 Å². The van der Waals surface area contributed by atoms with Gasteiger partial charge in [0.25, 0.3) is 5.89 Å². The van der Waals surface area contributed by atoms with E-state index in [9.17, 15) is 0 Å². The van der Waals surface area contributed by atoms with Gasteiger partial charge in [0.1, 0.15) is 11.5 Å². The molecule has 0 spiro atoms. The number of rotatable bonds is 4. The Morgan fingerprint density at radius 2 is 2.26 bits per heavy atom. The van der Waals surface area contributed by atoms with Gasteiger partial charge >= 0.3 is 0 Å². The Balaban J connectivity index is 1.80. The first kappa shape index (κ1) is 12.3. The zero-order valence-electron chi connectivity index (χ0n) is 11.3. The zero-order chi connectivity index (χ0) is 13.5. The van der Waals surface area contributed by atoms with E-state index < -0.39 is 0 Å². The molecule has 3 N–H and O–H groups in total. The molecule has 1 saturated carbocycles. The third-order valence-electron chi connectivity index (χ3n) is 3.58. The van der Waals surface area contributed by atoms with Crippen LogP contribution < -0.4 is 5.73 Å². The lowest BCUT2D eigenvalue weighted by Gasteiger charge is -2.35. The normalized spacial score (nSPS) is 17.7. The Morgan fingerprint density at radius 1 is 1.47 bits per heavy atom. The van der Waals surface area contributed by atoms with E-state index in [-0.39, 0.29) is 5.54 Å². The van der Waals surface area contributed by atoms with Crippen LogP contribution in [-0.4, -0.2) is 20.1 Å². The van der Waals surface area contributed by atoms with Crippen LogP contribution in [0, 0.1) is 5.92 Å². The Kier molecular flexibility index (Phi) is 2.89. The van der Waals surface area contributed by atoms with Crippen molar-refractivity contribution >= 4 is 0 Å². The van der Waals surface area contributed by atoms with E-state index in [0.717, 1.165) is 43.0 Å². The Labute approximate surface area is 111 Å². The highest BCUT2D eigenvalue weighted by atomic mass is 16.5. The molecule has 2 heterocycles. The maximum atomic E-state index is 6.23. The molecule has 1 aliphatic carbocycles. The van der Waals surface area contributed by atoms with Gasteiger partial charge in [0.2, 0.25) is 0 Å². The maximum absolute atomic E-state index is 6.23. The summed E-state index contributed by atoms with van der Waals surface area (Å²) in [5.74, 6) is 2.53. The van der Waals surface area contributed by atoms with Crippen LogP contribution in [0.4, 0.5) is 0 Å². The summed E-state index contributed by atoms with van der Waals surface area (Å²) in [6.45, 7) is 4.25. The molecule has 0 atom stereocenters. The largest absolute Gasteiger partial charge is 0.336 e. The van der Waals surface area contributed by atoms with E-state index in [0.29, 0.717) is 11.8 Å². The van der Waals surface area contributed by atoms with Crippen LogP contribution in [0.15, 0.2) is 10.7 Å². The highest BCUT2D eigenvalue weighted by Gasteiger charge is 2.37. The van der Waals surface area contributed by atoms with Crippen molar-refractivity contribution in [1.82, 2.24) is 20.1 Å². The Bertz CT molecular complexity index is 567. The molecule has 0 amide bonds. The average Bonchev–Trinajstić information content (AvgIpc) is 2.93. The maximum Gasteiger partial charge on any atom is 0.275 e. The number of hydrogen-bond acceptors (Lipinski definition) is 5. The predicted octanol–water partition coefficient (Wildman–Crippen LogP) is 2.00. The average molecular weight is 261 g/mol. The summed E-state index contributed by atoms with van der Waals surface area (Å²) in [6, 6.07) is 0. The summed E-state index contributed by atoms with van der Waals surface area (Å²) < 4.78 is 5.26. The fourth-order valence-corrected chi connectivity index (χ4v) is 2.29. The Morgan fingerprint density at radius 3 is 2.89 bits per heavy atom.